The second kappa shape index (κ2) is 7.19. The van der Waals surface area contributed by atoms with Crippen LogP contribution in [0, 0.1) is 0 Å². The molecule has 0 atom stereocenters. The molecule has 92 valence electrons. The summed E-state index contributed by atoms with van der Waals surface area (Å²) >= 11 is 4.92. The minimum atomic E-state index is 0.509. The van der Waals surface area contributed by atoms with Gasteiger partial charge in [-0.1, -0.05) is 25.2 Å². The quantitative estimate of drug-likeness (QED) is 0.776. The average molecular weight is 308 g/mol. The van der Waals surface area contributed by atoms with E-state index in [9.17, 15) is 0 Å². The predicted octanol–water partition coefficient (Wildman–Crippen LogP) is 2.94. The first kappa shape index (κ1) is 13.9. The van der Waals surface area contributed by atoms with Crippen molar-refractivity contribution >= 4 is 32.4 Å². The van der Waals surface area contributed by atoms with E-state index in [2.05, 4.69) is 44.9 Å². The Balaban J connectivity index is 2.77. The summed E-state index contributed by atoms with van der Waals surface area (Å²) in [5, 5.41) is 9.15. The lowest BCUT2D eigenvalue weighted by Gasteiger charge is -2.29. The van der Waals surface area contributed by atoms with Crippen LogP contribution in [-0.2, 0) is 4.74 Å². The lowest BCUT2D eigenvalue weighted by Crippen LogP contribution is -2.37. The van der Waals surface area contributed by atoms with E-state index in [4.69, 9.17) is 4.74 Å². The Morgan fingerprint density at radius 2 is 2.06 bits per heavy atom. The van der Waals surface area contributed by atoms with Crippen LogP contribution in [0.4, 0.5) is 5.13 Å². The number of rotatable bonds is 7. The highest BCUT2D eigenvalue weighted by atomic mass is 79.9. The highest BCUT2D eigenvalue weighted by Gasteiger charge is 2.18. The number of methoxy groups -OCH3 is 1. The van der Waals surface area contributed by atoms with Crippen molar-refractivity contribution in [3.8, 4) is 0 Å². The molecule has 0 aliphatic heterocycles. The third-order valence-corrected chi connectivity index (χ3v) is 3.95. The summed E-state index contributed by atoms with van der Waals surface area (Å²) in [5.74, 6) is 0. The summed E-state index contributed by atoms with van der Waals surface area (Å²) in [7, 11) is 1.72. The van der Waals surface area contributed by atoms with E-state index in [1.807, 2.05) is 0 Å². The van der Waals surface area contributed by atoms with E-state index < -0.39 is 0 Å². The van der Waals surface area contributed by atoms with Crippen molar-refractivity contribution in [2.45, 2.75) is 32.7 Å². The molecule has 0 unspecified atom stereocenters. The predicted molar refractivity (Wildman–Crippen MR) is 71.2 cm³/mol. The van der Waals surface area contributed by atoms with Crippen LogP contribution < -0.4 is 4.90 Å². The number of nitrogens with zero attached hydrogens (tertiary/aromatic N) is 3. The third-order valence-electron chi connectivity index (χ3n) is 2.55. The monoisotopic (exact) mass is 307 g/mol. The van der Waals surface area contributed by atoms with Crippen LogP contribution in [0.2, 0.25) is 0 Å². The summed E-state index contributed by atoms with van der Waals surface area (Å²) in [5.41, 5.74) is 0. The van der Waals surface area contributed by atoms with Gasteiger partial charge in [-0.25, -0.2) is 0 Å². The van der Waals surface area contributed by atoms with Gasteiger partial charge in [0.1, 0.15) is 0 Å². The zero-order valence-electron chi connectivity index (χ0n) is 9.94. The highest BCUT2D eigenvalue weighted by molar-refractivity contribution is 9.11. The van der Waals surface area contributed by atoms with E-state index in [0.717, 1.165) is 28.4 Å². The topological polar surface area (TPSA) is 38.2 Å². The average Bonchev–Trinajstić information content (AvgIpc) is 2.71. The van der Waals surface area contributed by atoms with Crippen molar-refractivity contribution in [1.82, 2.24) is 10.2 Å². The van der Waals surface area contributed by atoms with Gasteiger partial charge in [-0.2, -0.15) is 0 Å². The molecule has 0 aliphatic rings. The molecule has 0 radical (unpaired) electrons. The summed E-state index contributed by atoms with van der Waals surface area (Å²) in [4.78, 5) is 2.28. The van der Waals surface area contributed by atoms with Crippen LogP contribution in [0.5, 0.6) is 0 Å². The van der Waals surface area contributed by atoms with Gasteiger partial charge in [-0.15, -0.1) is 10.2 Å². The fourth-order valence-corrected chi connectivity index (χ4v) is 2.85. The van der Waals surface area contributed by atoms with Crippen molar-refractivity contribution < 1.29 is 4.74 Å². The molecular weight excluding hydrogens is 290 g/mol. The first-order valence-electron chi connectivity index (χ1n) is 5.47. The van der Waals surface area contributed by atoms with Crippen molar-refractivity contribution in [3.05, 3.63) is 3.92 Å². The van der Waals surface area contributed by atoms with Crippen LogP contribution in [-0.4, -0.2) is 36.5 Å². The Morgan fingerprint density at radius 1 is 1.38 bits per heavy atom. The van der Waals surface area contributed by atoms with Crippen LogP contribution in [0.1, 0.15) is 26.7 Å². The molecule has 0 fully saturated rings. The van der Waals surface area contributed by atoms with Gasteiger partial charge in [-0.3, -0.25) is 0 Å². The summed E-state index contributed by atoms with van der Waals surface area (Å²) in [6.07, 6.45) is 2.22. The van der Waals surface area contributed by atoms with Gasteiger partial charge in [0.2, 0.25) is 5.13 Å². The number of halogens is 1. The van der Waals surface area contributed by atoms with Gasteiger partial charge < -0.3 is 9.64 Å². The second-order valence-electron chi connectivity index (χ2n) is 3.49. The first-order valence-corrected chi connectivity index (χ1v) is 7.08. The largest absolute Gasteiger partial charge is 0.383 e. The molecule has 0 spiro atoms. The van der Waals surface area contributed by atoms with Crippen LogP contribution in [0.15, 0.2) is 3.92 Å². The van der Waals surface area contributed by atoms with Crippen LogP contribution in [0.3, 0.4) is 0 Å². The Morgan fingerprint density at radius 3 is 2.50 bits per heavy atom. The molecule has 0 saturated heterocycles. The minimum Gasteiger partial charge on any atom is -0.383 e. The zero-order valence-corrected chi connectivity index (χ0v) is 12.3. The van der Waals surface area contributed by atoms with Crippen LogP contribution in [0.25, 0.3) is 0 Å². The molecule has 1 heterocycles. The fourth-order valence-electron chi connectivity index (χ4n) is 1.67. The molecule has 0 amide bonds. The minimum absolute atomic E-state index is 0.509. The molecular formula is C10H18BrN3OS. The second-order valence-corrected chi connectivity index (χ2v) is 5.73. The summed E-state index contributed by atoms with van der Waals surface area (Å²) in [6.45, 7) is 5.98. The van der Waals surface area contributed by atoms with Crippen molar-refractivity contribution in [2.24, 2.45) is 0 Å². The highest BCUT2D eigenvalue weighted by Crippen LogP contribution is 2.27. The summed E-state index contributed by atoms with van der Waals surface area (Å²) in [6, 6.07) is 0.509. The molecule has 0 saturated carbocycles. The Hall–Kier alpha value is -0.200. The Kier molecular flexibility index (Phi) is 6.23. The van der Waals surface area contributed by atoms with E-state index in [-0.39, 0.29) is 0 Å². The van der Waals surface area contributed by atoms with Gasteiger partial charge in [-0.05, 0) is 28.8 Å². The molecule has 1 aromatic heterocycles. The molecule has 0 aliphatic carbocycles. The van der Waals surface area contributed by atoms with E-state index in [0.29, 0.717) is 12.6 Å². The van der Waals surface area contributed by atoms with Gasteiger partial charge in [0.25, 0.3) is 0 Å². The maximum atomic E-state index is 5.14. The number of aromatic nitrogens is 2. The van der Waals surface area contributed by atoms with Gasteiger partial charge in [0.15, 0.2) is 3.92 Å². The van der Waals surface area contributed by atoms with E-state index in [1.165, 1.54) is 0 Å². The molecule has 0 bridgehead atoms. The maximum Gasteiger partial charge on any atom is 0.209 e. The lowest BCUT2D eigenvalue weighted by molar-refractivity contribution is 0.202. The molecule has 0 aromatic carbocycles. The lowest BCUT2D eigenvalue weighted by atomic mass is 10.1. The van der Waals surface area contributed by atoms with Crippen molar-refractivity contribution in [2.75, 3.05) is 25.2 Å². The van der Waals surface area contributed by atoms with E-state index in [1.54, 1.807) is 18.4 Å². The molecule has 6 heteroatoms. The number of anilines is 1. The third kappa shape index (κ3) is 3.68. The van der Waals surface area contributed by atoms with Crippen molar-refractivity contribution in [3.63, 3.8) is 0 Å². The molecule has 1 aromatic rings. The van der Waals surface area contributed by atoms with Gasteiger partial charge >= 0.3 is 0 Å². The summed E-state index contributed by atoms with van der Waals surface area (Å²) < 4.78 is 5.97. The normalized spacial score (nSPS) is 11.1. The Bertz CT molecular complexity index is 304. The zero-order chi connectivity index (χ0) is 12.0. The number of hydrogen-bond donors (Lipinski definition) is 0. The number of hydrogen-bond acceptors (Lipinski definition) is 5. The van der Waals surface area contributed by atoms with Gasteiger partial charge in [0.05, 0.1) is 6.61 Å². The Labute approximate surface area is 109 Å². The van der Waals surface area contributed by atoms with E-state index >= 15 is 0 Å². The standard InChI is InChI=1S/C10H18BrN3OS/c1-4-8(5-2)14(6-7-15-3)10-13-12-9(11)16-10/h8H,4-7H2,1-3H3. The molecule has 0 N–H and O–H groups in total. The number of ether oxygens (including phenoxy) is 1. The first-order chi connectivity index (χ1) is 7.72. The fraction of sp³-hybridized carbons (Fsp3) is 0.800. The molecule has 4 nitrogen and oxygen atoms in total. The maximum absolute atomic E-state index is 5.14. The molecule has 1 rings (SSSR count). The van der Waals surface area contributed by atoms with Crippen molar-refractivity contribution in [1.29, 1.82) is 0 Å². The smallest absolute Gasteiger partial charge is 0.209 e. The van der Waals surface area contributed by atoms with Gasteiger partial charge in [0, 0.05) is 19.7 Å². The SMILES string of the molecule is CCC(CC)N(CCOC)c1nnc(Br)s1. The molecule has 16 heavy (non-hydrogen) atoms. The van der Waals surface area contributed by atoms with Crippen LogP contribution >= 0.6 is 27.3 Å².